The molecule has 1 unspecified atom stereocenters. The Morgan fingerprint density at radius 2 is 1.88 bits per heavy atom. The third kappa shape index (κ3) is 3.09. The predicted octanol–water partition coefficient (Wildman–Crippen LogP) is 2.94. The lowest BCUT2D eigenvalue weighted by molar-refractivity contribution is 0.257. The molecule has 1 aliphatic rings. The van der Waals surface area contributed by atoms with Gasteiger partial charge in [-0.3, -0.25) is 0 Å². The first kappa shape index (κ1) is 13.1. The van der Waals surface area contributed by atoms with E-state index in [1.807, 2.05) is 24.3 Å². The molecular weight excluding hydrogens is 302 g/mol. The van der Waals surface area contributed by atoms with Crippen molar-refractivity contribution in [2.24, 2.45) is 0 Å². The molecule has 17 heavy (non-hydrogen) atoms. The lowest BCUT2D eigenvalue weighted by Gasteiger charge is -2.34. The predicted molar refractivity (Wildman–Crippen MR) is 72.3 cm³/mol. The number of sulfonamides is 1. The van der Waals surface area contributed by atoms with E-state index in [1.54, 1.807) is 4.31 Å². The van der Waals surface area contributed by atoms with Gasteiger partial charge in [0, 0.05) is 17.1 Å². The number of piperidine rings is 1. The van der Waals surface area contributed by atoms with Crippen LogP contribution in [0.1, 0.15) is 30.9 Å². The van der Waals surface area contributed by atoms with Crippen LogP contribution in [-0.2, 0) is 10.0 Å². The highest BCUT2D eigenvalue weighted by Crippen LogP contribution is 2.33. The molecule has 0 radical (unpaired) electrons. The summed E-state index contributed by atoms with van der Waals surface area (Å²) in [4.78, 5) is 0. The Bertz CT molecular complexity index is 484. The monoisotopic (exact) mass is 317 g/mol. The van der Waals surface area contributed by atoms with Crippen molar-refractivity contribution in [3.63, 3.8) is 0 Å². The van der Waals surface area contributed by atoms with Gasteiger partial charge in [0.15, 0.2) is 0 Å². The Kier molecular flexibility index (Phi) is 3.90. The summed E-state index contributed by atoms with van der Waals surface area (Å²) in [6, 6.07) is 7.93. The molecule has 1 atom stereocenters. The average molecular weight is 318 g/mol. The molecule has 0 aliphatic carbocycles. The fourth-order valence-corrected chi connectivity index (χ4v) is 3.73. The van der Waals surface area contributed by atoms with Crippen LogP contribution in [0.2, 0.25) is 0 Å². The van der Waals surface area contributed by atoms with Gasteiger partial charge in [0.2, 0.25) is 10.0 Å². The second-order valence-electron chi connectivity index (χ2n) is 4.44. The minimum absolute atomic E-state index is 0.00634. The Labute approximate surface area is 111 Å². The van der Waals surface area contributed by atoms with Gasteiger partial charge in [0.05, 0.1) is 6.26 Å². The number of rotatable bonds is 2. The van der Waals surface area contributed by atoms with E-state index in [0.717, 1.165) is 29.3 Å². The van der Waals surface area contributed by atoms with E-state index in [0.29, 0.717) is 6.54 Å². The van der Waals surface area contributed by atoms with Crippen LogP contribution < -0.4 is 0 Å². The van der Waals surface area contributed by atoms with Crippen LogP contribution >= 0.6 is 15.9 Å². The molecule has 0 spiro atoms. The zero-order chi connectivity index (χ0) is 12.5. The third-order valence-electron chi connectivity index (χ3n) is 3.13. The Balaban J connectivity index is 2.31. The van der Waals surface area contributed by atoms with Crippen molar-refractivity contribution < 1.29 is 8.42 Å². The van der Waals surface area contributed by atoms with Gasteiger partial charge in [-0.1, -0.05) is 34.5 Å². The van der Waals surface area contributed by atoms with E-state index in [9.17, 15) is 8.42 Å². The molecule has 1 aliphatic heterocycles. The Morgan fingerprint density at radius 1 is 1.24 bits per heavy atom. The zero-order valence-electron chi connectivity index (χ0n) is 9.77. The molecule has 5 heteroatoms. The van der Waals surface area contributed by atoms with E-state index >= 15 is 0 Å². The van der Waals surface area contributed by atoms with Gasteiger partial charge < -0.3 is 0 Å². The van der Waals surface area contributed by atoms with Gasteiger partial charge in [-0.15, -0.1) is 0 Å². The fourth-order valence-electron chi connectivity index (χ4n) is 2.32. The van der Waals surface area contributed by atoms with E-state index in [-0.39, 0.29) is 6.04 Å². The van der Waals surface area contributed by atoms with E-state index in [1.165, 1.54) is 6.26 Å². The fraction of sp³-hybridized carbons (Fsp3) is 0.500. The van der Waals surface area contributed by atoms with Crippen molar-refractivity contribution in [2.45, 2.75) is 25.3 Å². The van der Waals surface area contributed by atoms with Gasteiger partial charge in [0.25, 0.3) is 0 Å². The average Bonchev–Trinajstić information content (AvgIpc) is 2.29. The first-order chi connectivity index (χ1) is 7.98. The van der Waals surface area contributed by atoms with Gasteiger partial charge in [-0.05, 0) is 30.5 Å². The minimum atomic E-state index is -3.11. The SMILES string of the molecule is CS(=O)(=O)N1CCCCC1c1ccc(Br)cc1. The number of hydrogen-bond acceptors (Lipinski definition) is 2. The molecule has 0 N–H and O–H groups in total. The van der Waals surface area contributed by atoms with Crippen molar-refractivity contribution in [3.8, 4) is 0 Å². The van der Waals surface area contributed by atoms with Gasteiger partial charge >= 0.3 is 0 Å². The summed E-state index contributed by atoms with van der Waals surface area (Å²) in [5.41, 5.74) is 1.08. The molecule has 94 valence electrons. The van der Waals surface area contributed by atoms with E-state index in [4.69, 9.17) is 0 Å². The van der Waals surface area contributed by atoms with Crippen molar-refractivity contribution in [3.05, 3.63) is 34.3 Å². The lowest BCUT2D eigenvalue weighted by atomic mass is 9.98. The topological polar surface area (TPSA) is 37.4 Å². The van der Waals surface area contributed by atoms with Gasteiger partial charge in [0.1, 0.15) is 0 Å². The summed E-state index contributed by atoms with van der Waals surface area (Å²) in [7, 11) is -3.11. The van der Waals surface area contributed by atoms with Crippen LogP contribution in [0.25, 0.3) is 0 Å². The van der Waals surface area contributed by atoms with Crippen LogP contribution in [0, 0.1) is 0 Å². The second kappa shape index (κ2) is 5.08. The van der Waals surface area contributed by atoms with Crippen molar-refractivity contribution >= 4 is 26.0 Å². The van der Waals surface area contributed by atoms with Crippen LogP contribution in [0.15, 0.2) is 28.7 Å². The number of hydrogen-bond donors (Lipinski definition) is 0. The Hall–Kier alpha value is -0.390. The highest BCUT2D eigenvalue weighted by molar-refractivity contribution is 9.10. The molecule has 1 aromatic rings. The van der Waals surface area contributed by atoms with Crippen LogP contribution in [0.5, 0.6) is 0 Å². The summed E-state index contributed by atoms with van der Waals surface area (Å²) in [6.07, 6.45) is 4.26. The maximum Gasteiger partial charge on any atom is 0.211 e. The molecule has 1 fully saturated rings. The van der Waals surface area contributed by atoms with Crippen LogP contribution in [-0.4, -0.2) is 25.5 Å². The quantitative estimate of drug-likeness (QED) is 0.841. The summed E-state index contributed by atoms with van der Waals surface area (Å²) >= 11 is 3.39. The molecule has 1 saturated heterocycles. The van der Waals surface area contributed by atoms with Crippen molar-refractivity contribution in [1.29, 1.82) is 0 Å². The normalized spacial score (nSPS) is 22.6. The number of halogens is 1. The minimum Gasteiger partial charge on any atom is -0.212 e. The molecule has 0 aromatic heterocycles. The van der Waals surface area contributed by atoms with Crippen LogP contribution in [0.4, 0.5) is 0 Å². The number of nitrogens with zero attached hydrogens (tertiary/aromatic N) is 1. The maximum atomic E-state index is 11.8. The molecular formula is C12H16BrNO2S. The molecule has 0 bridgehead atoms. The molecule has 0 saturated carbocycles. The standard InChI is InChI=1S/C12H16BrNO2S/c1-17(15,16)14-9-3-2-4-12(14)10-5-7-11(13)8-6-10/h5-8,12H,2-4,9H2,1H3. The first-order valence-electron chi connectivity index (χ1n) is 5.71. The smallest absolute Gasteiger partial charge is 0.211 e. The molecule has 0 amide bonds. The molecule has 2 rings (SSSR count). The lowest BCUT2D eigenvalue weighted by Crippen LogP contribution is -2.37. The number of benzene rings is 1. The van der Waals surface area contributed by atoms with Crippen LogP contribution in [0.3, 0.4) is 0 Å². The largest absolute Gasteiger partial charge is 0.212 e. The van der Waals surface area contributed by atoms with Gasteiger partial charge in [-0.2, -0.15) is 4.31 Å². The van der Waals surface area contributed by atoms with E-state index < -0.39 is 10.0 Å². The molecule has 1 aromatic carbocycles. The summed E-state index contributed by atoms with van der Waals surface area (Å²) in [5, 5.41) is 0. The highest BCUT2D eigenvalue weighted by Gasteiger charge is 2.30. The van der Waals surface area contributed by atoms with Crippen molar-refractivity contribution in [1.82, 2.24) is 4.31 Å². The van der Waals surface area contributed by atoms with Gasteiger partial charge in [-0.25, -0.2) is 8.42 Å². The maximum absolute atomic E-state index is 11.8. The molecule has 3 nitrogen and oxygen atoms in total. The second-order valence-corrected chi connectivity index (χ2v) is 7.29. The van der Waals surface area contributed by atoms with Crippen molar-refractivity contribution in [2.75, 3.05) is 12.8 Å². The molecule has 1 heterocycles. The summed E-state index contributed by atoms with van der Waals surface area (Å²) in [6.45, 7) is 0.638. The zero-order valence-corrected chi connectivity index (χ0v) is 12.2. The van der Waals surface area contributed by atoms with E-state index in [2.05, 4.69) is 15.9 Å². The summed E-state index contributed by atoms with van der Waals surface area (Å²) in [5.74, 6) is 0. The summed E-state index contributed by atoms with van der Waals surface area (Å²) < 4.78 is 26.1. The first-order valence-corrected chi connectivity index (χ1v) is 8.35. The Morgan fingerprint density at radius 3 is 2.47 bits per heavy atom. The third-order valence-corrected chi connectivity index (χ3v) is 4.95. The highest BCUT2D eigenvalue weighted by atomic mass is 79.9.